The van der Waals surface area contributed by atoms with Crippen molar-refractivity contribution in [1.29, 1.82) is 0 Å². The number of aliphatic hydroxyl groups is 2. The van der Waals surface area contributed by atoms with Gasteiger partial charge in [0, 0.05) is 11.1 Å². The van der Waals surface area contributed by atoms with Crippen LogP contribution < -0.4 is 10.6 Å². The summed E-state index contributed by atoms with van der Waals surface area (Å²) >= 11 is 0. The lowest BCUT2D eigenvalue weighted by Crippen LogP contribution is -2.48. The Bertz CT molecular complexity index is 333. The summed E-state index contributed by atoms with van der Waals surface area (Å²) in [7, 11) is 0. The summed E-state index contributed by atoms with van der Waals surface area (Å²) in [6, 6.07) is 0. The van der Waals surface area contributed by atoms with Crippen LogP contribution >= 0.6 is 0 Å². The maximum Gasteiger partial charge on any atom is 0.248 e. The van der Waals surface area contributed by atoms with Crippen LogP contribution in [0.5, 0.6) is 0 Å². The number of amides is 2. The van der Waals surface area contributed by atoms with Gasteiger partial charge in [-0.3, -0.25) is 9.59 Å². The van der Waals surface area contributed by atoms with Gasteiger partial charge in [-0.2, -0.15) is 0 Å². The number of hydrogen-bond acceptors (Lipinski definition) is 5. The lowest BCUT2D eigenvalue weighted by Gasteiger charge is -2.23. The Morgan fingerprint density at radius 2 is 1.32 bits per heavy atom. The van der Waals surface area contributed by atoms with Crippen LogP contribution in [0, 0.1) is 0 Å². The van der Waals surface area contributed by atoms with E-state index in [9.17, 15) is 9.59 Å². The first kappa shape index (κ1) is 17.3. The Labute approximate surface area is 111 Å². The van der Waals surface area contributed by atoms with E-state index in [0.717, 1.165) is 0 Å². The Hall–Kier alpha value is -1.70. The smallest absolute Gasteiger partial charge is 0.248 e. The van der Waals surface area contributed by atoms with Gasteiger partial charge in [-0.05, 0) is 13.8 Å². The van der Waals surface area contributed by atoms with Crippen LogP contribution in [-0.4, -0.2) is 47.7 Å². The molecule has 0 aromatic carbocycles. The second-order valence-electron chi connectivity index (χ2n) is 3.99. The van der Waals surface area contributed by atoms with E-state index in [4.69, 9.17) is 14.9 Å². The minimum absolute atomic E-state index is 0.244. The van der Waals surface area contributed by atoms with Crippen molar-refractivity contribution >= 4 is 11.8 Å². The zero-order valence-corrected chi connectivity index (χ0v) is 11.1. The molecular weight excluding hydrogens is 252 g/mol. The number of carbonyl (C=O) groups is 2. The Morgan fingerprint density at radius 1 is 1.00 bits per heavy atom. The van der Waals surface area contributed by atoms with Crippen molar-refractivity contribution < 1.29 is 24.5 Å². The third-order valence-electron chi connectivity index (χ3n) is 2.02. The Kier molecular flexibility index (Phi) is 7.66. The molecule has 108 valence electrons. The molecule has 0 aliphatic carbocycles. The molecule has 0 radical (unpaired) electrons. The van der Waals surface area contributed by atoms with E-state index in [0.29, 0.717) is 0 Å². The van der Waals surface area contributed by atoms with Crippen LogP contribution in [-0.2, 0) is 14.3 Å². The molecule has 0 saturated heterocycles. The topological polar surface area (TPSA) is 108 Å². The molecule has 0 spiro atoms. The lowest BCUT2D eigenvalue weighted by molar-refractivity contribution is -0.135. The molecule has 0 fully saturated rings. The van der Waals surface area contributed by atoms with Crippen molar-refractivity contribution in [3.63, 3.8) is 0 Å². The first-order valence-electron chi connectivity index (χ1n) is 5.61. The first-order valence-corrected chi connectivity index (χ1v) is 5.61. The summed E-state index contributed by atoms with van der Waals surface area (Å²) in [6.07, 6.45) is -2.13. The molecule has 19 heavy (non-hydrogen) atoms. The van der Waals surface area contributed by atoms with Gasteiger partial charge in [-0.25, -0.2) is 0 Å². The van der Waals surface area contributed by atoms with Gasteiger partial charge >= 0.3 is 0 Å². The van der Waals surface area contributed by atoms with Crippen LogP contribution in [0.3, 0.4) is 0 Å². The number of hydrogen-bond donors (Lipinski definition) is 4. The van der Waals surface area contributed by atoms with E-state index >= 15 is 0 Å². The van der Waals surface area contributed by atoms with E-state index in [1.165, 1.54) is 13.8 Å². The number of rotatable bonds is 8. The van der Waals surface area contributed by atoms with Crippen LogP contribution in [0.15, 0.2) is 24.3 Å². The van der Waals surface area contributed by atoms with E-state index in [1.54, 1.807) is 0 Å². The highest BCUT2D eigenvalue weighted by Crippen LogP contribution is 1.98. The average Bonchev–Trinajstić information content (AvgIpc) is 2.35. The fourth-order valence-electron chi connectivity index (χ4n) is 0.983. The molecule has 4 N–H and O–H groups in total. The zero-order valence-electron chi connectivity index (χ0n) is 11.1. The van der Waals surface area contributed by atoms with Crippen molar-refractivity contribution in [3.05, 3.63) is 24.3 Å². The van der Waals surface area contributed by atoms with Gasteiger partial charge < -0.3 is 25.6 Å². The van der Waals surface area contributed by atoms with Gasteiger partial charge in [-0.15, -0.1) is 0 Å². The first-order chi connectivity index (χ1) is 8.81. The highest BCUT2D eigenvalue weighted by molar-refractivity contribution is 5.92. The molecule has 2 atom stereocenters. The van der Waals surface area contributed by atoms with Crippen molar-refractivity contribution in [3.8, 4) is 0 Å². The van der Waals surface area contributed by atoms with Gasteiger partial charge in [0.15, 0.2) is 12.5 Å². The van der Waals surface area contributed by atoms with Gasteiger partial charge in [0.1, 0.15) is 0 Å². The maximum atomic E-state index is 11.3. The Morgan fingerprint density at radius 3 is 1.53 bits per heavy atom. The maximum absolute atomic E-state index is 11.3. The highest BCUT2D eigenvalue weighted by atomic mass is 16.5. The van der Waals surface area contributed by atoms with E-state index in [1.807, 2.05) is 0 Å². The molecule has 0 aliphatic heterocycles. The third-order valence-corrected chi connectivity index (χ3v) is 2.02. The van der Waals surface area contributed by atoms with Gasteiger partial charge in [0.25, 0.3) is 0 Å². The fourth-order valence-corrected chi connectivity index (χ4v) is 0.983. The van der Waals surface area contributed by atoms with Crippen molar-refractivity contribution in [2.24, 2.45) is 0 Å². The SMILES string of the molecule is C=C(C)C(=O)NC(CO)OC(CO)NC(=O)C(=C)C. The normalized spacial score (nSPS) is 13.3. The van der Waals surface area contributed by atoms with Crippen molar-refractivity contribution in [1.82, 2.24) is 10.6 Å². The van der Waals surface area contributed by atoms with Crippen LogP contribution in [0.4, 0.5) is 0 Å². The molecule has 0 aromatic rings. The predicted molar refractivity (Wildman–Crippen MR) is 68.7 cm³/mol. The van der Waals surface area contributed by atoms with E-state index < -0.39 is 37.5 Å². The number of ether oxygens (including phenoxy) is 1. The molecule has 7 heteroatoms. The highest BCUT2D eigenvalue weighted by Gasteiger charge is 2.19. The monoisotopic (exact) mass is 272 g/mol. The summed E-state index contributed by atoms with van der Waals surface area (Å²) in [5.74, 6) is -0.996. The quantitative estimate of drug-likeness (QED) is 0.336. The molecule has 0 aromatic heterocycles. The molecule has 2 amide bonds. The summed E-state index contributed by atoms with van der Waals surface area (Å²) in [5, 5.41) is 22.8. The van der Waals surface area contributed by atoms with Crippen LogP contribution in [0.2, 0.25) is 0 Å². The van der Waals surface area contributed by atoms with E-state index in [-0.39, 0.29) is 11.1 Å². The molecule has 0 rings (SSSR count). The summed E-state index contributed by atoms with van der Waals surface area (Å²) < 4.78 is 5.14. The lowest BCUT2D eigenvalue weighted by atomic mass is 10.3. The molecular formula is C12H20N2O5. The molecule has 0 aliphatic rings. The second-order valence-corrected chi connectivity index (χ2v) is 3.99. The largest absolute Gasteiger partial charge is 0.392 e. The molecule has 0 saturated carbocycles. The number of carbonyl (C=O) groups excluding carboxylic acids is 2. The summed E-state index contributed by atoms with van der Waals surface area (Å²) in [5.41, 5.74) is 0.488. The summed E-state index contributed by atoms with van der Waals surface area (Å²) in [6.45, 7) is 8.83. The molecule has 0 bridgehead atoms. The molecule has 2 unspecified atom stereocenters. The Balaban J connectivity index is 4.47. The minimum atomic E-state index is -1.06. The van der Waals surface area contributed by atoms with E-state index in [2.05, 4.69) is 23.8 Å². The molecule has 0 heterocycles. The standard InChI is InChI=1S/C12H20N2O5/c1-7(2)11(17)13-9(5-15)19-10(6-16)14-12(18)8(3)4/h9-10,15-16H,1,3,5-6H2,2,4H3,(H,13,17)(H,14,18). The van der Waals surface area contributed by atoms with Gasteiger partial charge in [0.2, 0.25) is 11.8 Å². The van der Waals surface area contributed by atoms with Gasteiger partial charge in [-0.1, -0.05) is 13.2 Å². The fraction of sp³-hybridized carbons (Fsp3) is 0.500. The molecule has 7 nitrogen and oxygen atoms in total. The van der Waals surface area contributed by atoms with Crippen molar-refractivity contribution in [2.75, 3.05) is 13.2 Å². The number of nitrogens with one attached hydrogen (secondary N) is 2. The zero-order chi connectivity index (χ0) is 15.0. The number of aliphatic hydroxyl groups excluding tert-OH is 2. The average molecular weight is 272 g/mol. The van der Waals surface area contributed by atoms with Crippen LogP contribution in [0.25, 0.3) is 0 Å². The van der Waals surface area contributed by atoms with Crippen LogP contribution in [0.1, 0.15) is 13.8 Å². The third kappa shape index (κ3) is 6.70. The predicted octanol–water partition coefficient (Wildman–Crippen LogP) is -0.976. The summed E-state index contributed by atoms with van der Waals surface area (Å²) in [4.78, 5) is 22.7. The van der Waals surface area contributed by atoms with Gasteiger partial charge in [0.05, 0.1) is 13.2 Å². The second kappa shape index (κ2) is 8.41. The minimum Gasteiger partial charge on any atom is -0.392 e. The van der Waals surface area contributed by atoms with Crippen molar-refractivity contribution in [2.45, 2.75) is 26.3 Å².